The lowest BCUT2D eigenvalue weighted by Gasteiger charge is -2.30. The number of aryl methyl sites for hydroxylation is 1. The van der Waals surface area contributed by atoms with E-state index in [4.69, 9.17) is 4.74 Å². The van der Waals surface area contributed by atoms with Gasteiger partial charge in [-0.05, 0) is 62.9 Å². The Morgan fingerprint density at radius 2 is 2.27 bits per heavy atom. The van der Waals surface area contributed by atoms with E-state index in [1.807, 2.05) is 18.2 Å². The lowest BCUT2D eigenvalue weighted by atomic mass is 9.95. The number of nitrogens with one attached hydrogen (secondary N) is 2. The van der Waals surface area contributed by atoms with Crippen molar-refractivity contribution >= 4 is 5.91 Å². The second-order valence-electron chi connectivity index (χ2n) is 6.27. The first-order valence-electron chi connectivity index (χ1n) is 8.34. The van der Waals surface area contributed by atoms with Crippen molar-refractivity contribution in [3.63, 3.8) is 0 Å². The topological polar surface area (TPSA) is 50.4 Å². The van der Waals surface area contributed by atoms with Crippen LogP contribution in [-0.2, 0) is 4.79 Å². The molecule has 0 aromatic heterocycles. The molecule has 0 saturated carbocycles. The second-order valence-corrected chi connectivity index (χ2v) is 6.27. The number of carbonyl (C=O) groups is 1. The molecule has 1 amide bonds. The molecule has 2 rings (SSSR count). The average molecular weight is 304 g/mol. The second kappa shape index (κ2) is 8.79. The van der Waals surface area contributed by atoms with Crippen LogP contribution in [0.4, 0.5) is 0 Å². The highest BCUT2D eigenvalue weighted by atomic mass is 16.5. The van der Waals surface area contributed by atoms with Gasteiger partial charge < -0.3 is 15.4 Å². The number of hydrogen-bond acceptors (Lipinski definition) is 3. The highest BCUT2D eigenvalue weighted by Crippen LogP contribution is 2.13. The highest BCUT2D eigenvalue weighted by Gasteiger charge is 2.22. The van der Waals surface area contributed by atoms with Gasteiger partial charge in [0.15, 0.2) is 0 Å². The number of carbonyl (C=O) groups excluding carboxylic acids is 1. The van der Waals surface area contributed by atoms with Gasteiger partial charge >= 0.3 is 0 Å². The molecule has 4 heteroatoms. The number of amides is 1. The smallest absolute Gasteiger partial charge is 0.220 e. The van der Waals surface area contributed by atoms with Crippen LogP contribution in [0.25, 0.3) is 0 Å². The van der Waals surface area contributed by atoms with Gasteiger partial charge in [-0.15, -0.1) is 0 Å². The summed E-state index contributed by atoms with van der Waals surface area (Å²) in [4.78, 5) is 12.0. The molecule has 0 bridgehead atoms. The predicted molar refractivity (Wildman–Crippen MR) is 89.1 cm³/mol. The normalized spacial score (nSPS) is 21.4. The molecule has 1 heterocycles. The molecule has 22 heavy (non-hydrogen) atoms. The monoisotopic (exact) mass is 304 g/mol. The van der Waals surface area contributed by atoms with Gasteiger partial charge in [-0.25, -0.2) is 0 Å². The molecular weight excluding hydrogens is 276 g/mol. The zero-order chi connectivity index (χ0) is 15.8. The van der Waals surface area contributed by atoms with Crippen LogP contribution in [0.2, 0.25) is 0 Å². The Labute approximate surface area is 133 Å². The van der Waals surface area contributed by atoms with Crippen LogP contribution in [0.1, 0.15) is 38.2 Å². The van der Waals surface area contributed by atoms with Crippen LogP contribution < -0.4 is 15.4 Å². The number of piperidine rings is 1. The Bertz CT molecular complexity index is 476. The van der Waals surface area contributed by atoms with Crippen LogP contribution in [0.3, 0.4) is 0 Å². The maximum Gasteiger partial charge on any atom is 0.220 e. The van der Waals surface area contributed by atoms with E-state index in [1.54, 1.807) is 0 Å². The Morgan fingerprint density at radius 1 is 1.41 bits per heavy atom. The molecule has 1 aromatic rings. The van der Waals surface area contributed by atoms with E-state index < -0.39 is 0 Å². The fourth-order valence-electron chi connectivity index (χ4n) is 2.79. The zero-order valence-electron chi connectivity index (χ0n) is 13.7. The lowest BCUT2D eigenvalue weighted by Crippen LogP contribution is -2.48. The molecule has 0 spiro atoms. The molecule has 1 saturated heterocycles. The fourth-order valence-corrected chi connectivity index (χ4v) is 2.79. The fraction of sp³-hybridized carbons (Fsp3) is 0.611. The Morgan fingerprint density at radius 3 is 3.05 bits per heavy atom. The van der Waals surface area contributed by atoms with Crippen LogP contribution in [0.5, 0.6) is 5.75 Å². The van der Waals surface area contributed by atoms with Gasteiger partial charge in [0, 0.05) is 12.5 Å². The Hall–Kier alpha value is -1.55. The van der Waals surface area contributed by atoms with Gasteiger partial charge in [0.1, 0.15) is 5.75 Å². The van der Waals surface area contributed by atoms with Crippen molar-refractivity contribution in [1.82, 2.24) is 10.6 Å². The minimum atomic E-state index is 0.175. The molecule has 122 valence electrons. The number of ether oxygens (including phenoxy) is 1. The SMILES string of the molecule is Cc1cccc(OCCCCC(=O)NC2CCNCC2C)c1. The van der Waals surface area contributed by atoms with Crippen LogP contribution in [0.15, 0.2) is 24.3 Å². The molecule has 1 aliphatic heterocycles. The Kier molecular flexibility index (Phi) is 6.72. The third kappa shape index (κ3) is 5.68. The van der Waals surface area contributed by atoms with E-state index in [0.29, 0.717) is 25.0 Å². The number of unbranched alkanes of at least 4 members (excludes halogenated alkanes) is 1. The average Bonchev–Trinajstić information content (AvgIpc) is 2.49. The number of benzene rings is 1. The Balaban J connectivity index is 1.57. The summed E-state index contributed by atoms with van der Waals surface area (Å²) in [7, 11) is 0. The summed E-state index contributed by atoms with van der Waals surface area (Å²) in [5, 5.41) is 6.51. The maximum atomic E-state index is 12.0. The van der Waals surface area contributed by atoms with Crippen molar-refractivity contribution in [1.29, 1.82) is 0 Å². The van der Waals surface area contributed by atoms with Gasteiger partial charge in [-0.2, -0.15) is 0 Å². The molecule has 2 N–H and O–H groups in total. The summed E-state index contributed by atoms with van der Waals surface area (Å²) < 4.78 is 5.70. The van der Waals surface area contributed by atoms with E-state index in [-0.39, 0.29) is 5.91 Å². The summed E-state index contributed by atoms with van der Waals surface area (Å²) in [5.41, 5.74) is 1.20. The summed E-state index contributed by atoms with van der Waals surface area (Å²) in [6.45, 7) is 6.90. The zero-order valence-corrected chi connectivity index (χ0v) is 13.7. The summed E-state index contributed by atoms with van der Waals surface area (Å²) >= 11 is 0. The van der Waals surface area contributed by atoms with E-state index >= 15 is 0 Å². The first-order valence-corrected chi connectivity index (χ1v) is 8.34. The quantitative estimate of drug-likeness (QED) is 0.762. The van der Waals surface area contributed by atoms with Gasteiger partial charge in [0.2, 0.25) is 5.91 Å². The molecule has 0 aliphatic carbocycles. The first-order chi connectivity index (χ1) is 10.6. The van der Waals surface area contributed by atoms with E-state index in [9.17, 15) is 4.79 Å². The standard InChI is InChI=1S/C18H28N2O2/c1-14-6-5-7-16(12-14)22-11-4-3-8-18(21)20-17-9-10-19-13-15(17)2/h5-7,12,15,17,19H,3-4,8-11,13H2,1-2H3,(H,20,21). The van der Waals surface area contributed by atoms with Gasteiger partial charge in [-0.1, -0.05) is 19.1 Å². The lowest BCUT2D eigenvalue weighted by molar-refractivity contribution is -0.122. The van der Waals surface area contributed by atoms with Gasteiger partial charge in [0.05, 0.1) is 6.61 Å². The first kappa shape index (κ1) is 16.8. The van der Waals surface area contributed by atoms with Crippen molar-refractivity contribution in [2.45, 2.75) is 45.6 Å². The van der Waals surface area contributed by atoms with Crippen molar-refractivity contribution in [2.24, 2.45) is 5.92 Å². The molecular formula is C18H28N2O2. The third-order valence-electron chi connectivity index (χ3n) is 4.19. The molecule has 1 fully saturated rings. The number of hydrogen-bond donors (Lipinski definition) is 2. The van der Waals surface area contributed by atoms with Crippen molar-refractivity contribution in [2.75, 3.05) is 19.7 Å². The maximum absolute atomic E-state index is 12.0. The minimum Gasteiger partial charge on any atom is -0.494 e. The summed E-state index contributed by atoms with van der Waals surface area (Å²) in [5.74, 6) is 1.60. The number of rotatable bonds is 7. The van der Waals surface area contributed by atoms with Crippen LogP contribution in [0, 0.1) is 12.8 Å². The summed E-state index contributed by atoms with van der Waals surface area (Å²) in [6, 6.07) is 8.39. The van der Waals surface area contributed by atoms with Gasteiger partial charge in [0.25, 0.3) is 0 Å². The van der Waals surface area contributed by atoms with E-state index in [0.717, 1.165) is 38.1 Å². The minimum absolute atomic E-state index is 0.175. The molecule has 4 nitrogen and oxygen atoms in total. The summed E-state index contributed by atoms with van der Waals surface area (Å²) in [6.07, 6.45) is 3.40. The third-order valence-corrected chi connectivity index (χ3v) is 4.19. The van der Waals surface area contributed by atoms with Crippen molar-refractivity contribution < 1.29 is 9.53 Å². The predicted octanol–water partition coefficient (Wildman–Crippen LogP) is 2.66. The van der Waals surface area contributed by atoms with Crippen LogP contribution >= 0.6 is 0 Å². The largest absolute Gasteiger partial charge is 0.494 e. The van der Waals surface area contributed by atoms with E-state index in [1.165, 1.54) is 5.56 Å². The molecule has 0 radical (unpaired) electrons. The molecule has 2 unspecified atom stereocenters. The van der Waals surface area contributed by atoms with E-state index in [2.05, 4.69) is 30.5 Å². The van der Waals surface area contributed by atoms with Crippen molar-refractivity contribution in [3.8, 4) is 5.75 Å². The highest BCUT2D eigenvalue weighted by molar-refractivity contribution is 5.76. The molecule has 1 aliphatic rings. The molecule has 1 aromatic carbocycles. The van der Waals surface area contributed by atoms with Gasteiger partial charge in [-0.3, -0.25) is 4.79 Å². The molecule has 2 atom stereocenters. The van der Waals surface area contributed by atoms with Crippen molar-refractivity contribution in [3.05, 3.63) is 29.8 Å². The van der Waals surface area contributed by atoms with Crippen LogP contribution in [-0.4, -0.2) is 31.6 Å².